The van der Waals surface area contributed by atoms with Gasteiger partial charge in [0, 0.05) is 52.8 Å². The first kappa shape index (κ1) is 22.9. The number of carbonyl (C=O) groups is 1. The summed E-state index contributed by atoms with van der Waals surface area (Å²) in [5, 5.41) is 9.40. The van der Waals surface area contributed by atoms with E-state index >= 15 is 0 Å². The van der Waals surface area contributed by atoms with Crippen LogP contribution in [0.1, 0.15) is 33.1 Å². The zero-order valence-corrected chi connectivity index (χ0v) is 19.3. The van der Waals surface area contributed by atoms with E-state index in [1.807, 2.05) is 0 Å². The van der Waals surface area contributed by atoms with Gasteiger partial charge in [0.15, 0.2) is 0 Å². The molecule has 6 nitrogen and oxygen atoms in total. The molecule has 0 aliphatic carbocycles. The number of carbonyl (C=O) groups excluding carboxylic acids is 1. The Bertz CT molecular complexity index is 1410. The maximum atomic E-state index is 14.7. The summed E-state index contributed by atoms with van der Waals surface area (Å²) in [6.45, 7) is 0.293. The summed E-state index contributed by atoms with van der Waals surface area (Å²) in [6.07, 6.45) is 1.68. The Hall–Kier alpha value is -3.88. The van der Waals surface area contributed by atoms with E-state index in [0.717, 1.165) is 5.56 Å². The summed E-state index contributed by atoms with van der Waals surface area (Å²) >= 11 is 6.28. The third-order valence-electron chi connectivity index (χ3n) is 5.86. The lowest BCUT2D eigenvalue weighted by Gasteiger charge is -2.20. The van der Waals surface area contributed by atoms with Gasteiger partial charge in [-0.25, -0.2) is 18.7 Å². The molecule has 0 saturated carbocycles. The molecule has 4 aromatic rings. The van der Waals surface area contributed by atoms with Gasteiger partial charge in [0.25, 0.3) is 5.91 Å². The molecule has 1 amide bonds. The fourth-order valence-corrected chi connectivity index (χ4v) is 4.34. The zero-order chi connectivity index (χ0) is 24.5. The number of nitrogens with one attached hydrogen (secondary N) is 3. The molecular formula is C26H20ClF2N5O. The molecule has 0 radical (unpaired) electrons. The largest absolute Gasteiger partial charge is 0.355 e. The Morgan fingerprint density at radius 1 is 1.09 bits per heavy atom. The van der Waals surface area contributed by atoms with E-state index < -0.39 is 17.7 Å². The van der Waals surface area contributed by atoms with Gasteiger partial charge in [0.1, 0.15) is 11.6 Å². The molecule has 1 atom stereocenters. The molecule has 1 aliphatic heterocycles. The van der Waals surface area contributed by atoms with Gasteiger partial charge >= 0.3 is 0 Å². The van der Waals surface area contributed by atoms with Crippen LogP contribution in [0, 0.1) is 11.6 Å². The molecule has 3 N–H and O–H groups in total. The third kappa shape index (κ3) is 4.45. The van der Waals surface area contributed by atoms with Crippen molar-refractivity contribution in [3.05, 3.63) is 106 Å². The number of amides is 1. The predicted octanol–water partition coefficient (Wildman–Crippen LogP) is 5.37. The number of hydrogen-bond donors (Lipinski definition) is 3. The fraction of sp³-hybridized carbons (Fsp3) is 0.115. The number of fused-ring (bicyclic) bond motifs is 3. The minimum absolute atomic E-state index is 0.0775. The van der Waals surface area contributed by atoms with Crippen LogP contribution >= 0.6 is 11.6 Å². The molecule has 1 aliphatic rings. The van der Waals surface area contributed by atoms with Crippen molar-refractivity contribution in [2.24, 2.45) is 0 Å². The molecule has 1 unspecified atom stereocenters. The fourth-order valence-electron chi connectivity index (χ4n) is 4.16. The standard InChI is InChI=1S/C26H20ClF2N5O/c1-30-25(35)14-5-8-17(9-6-14)33-26-32-13-15-12-31-24(22-20(28)3-2-4-21(22)29)19-11-16(27)7-10-18(19)23(15)34-26/h2-11,13,24,31H,12H2,1H3,(H,30,35)(H,32,33,34). The highest BCUT2D eigenvalue weighted by Crippen LogP contribution is 2.39. The summed E-state index contributed by atoms with van der Waals surface area (Å²) < 4.78 is 29.4. The summed E-state index contributed by atoms with van der Waals surface area (Å²) in [7, 11) is 1.57. The van der Waals surface area contributed by atoms with Crippen LogP contribution in [0.4, 0.5) is 20.4 Å². The van der Waals surface area contributed by atoms with Crippen LogP contribution in [-0.4, -0.2) is 22.9 Å². The molecule has 176 valence electrons. The molecule has 9 heteroatoms. The van der Waals surface area contributed by atoms with Crippen molar-refractivity contribution in [2.45, 2.75) is 12.6 Å². The van der Waals surface area contributed by atoms with E-state index in [4.69, 9.17) is 16.6 Å². The van der Waals surface area contributed by atoms with Gasteiger partial charge in [0.05, 0.1) is 11.7 Å². The van der Waals surface area contributed by atoms with Gasteiger partial charge < -0.3 is 16.0 Å². The van der Waals surface area contributed by atoms with Crippen LogP contribution < -0.4 is 16.0 Å². The number of hydrogen-bond acceptors (Lipinski definition) is 5. The lowest BCUT2D eigenvalue weighted by atomic mass is 9.93. The van der Waals surface area contributed by atoms with Crippen LogP contribution in [0.25, 0.3) is 11.3 Å². The van der Waals surface area contributed by atoms with E-state index in [0.29, 0.717) is 45.6 Å². The van der Waals surface area contributed by atoms with Crippen molar-refractivity contribution in [1.82, 2.24) is 20.6 Å². The molecule has 2 heterocycles. The minimum atomic E-state index is -0.771. The number of rotatable bonds is 4. The monoisotopic (exact) mass is 491 g/mol. The highest BCUT2D eigenvalue weighted by atomic mass is 35.5. The topological polar surface area (TPSA) is 78.9 Å². The van der Waals surface area contributed by atoms with Gasteiger partial charge in [-0.2, -0.15) is 0 Å². The maximum absolute atomic E-state index is 14.7. The van der Waals surface area contributed by atoms with Crippen molar-refractivity contribution >= 4 is 29.1 Å². The van der Waals surface area contributed by atoms with E-state index in [1.165, 1.54) is 18.2 Å². The van der Waals surface area contributed by atoms with Gasteiger partial charge in [-0.1, -0.05) is 23.7 Å². The molecule has 35 heavy (non-hydrogen) atoms. The Kier molecular flexibility index (Phi) is 6.15. The van der Waals surface area contributed by atoms with E-state index in [2.05, 4.69) is 20.9 Å². The third-order valence-corrected chi connectivity index (χ3v) is 6.09. The lowest BCUT2D eigenvalue weighted by Crippen LogP contribution is -2.23. The summed E-state index contributed by atoms with van der Waals surface area (Å²) in [5.41, 5.74) is 3.86. The first-order valence-corrected chi connectivity index (χ1v) is 11.2. The second kappa shape index (κ2) is 9.40. The van der Waals surface area contributed by atoms with Crippen molar-refractivity contribution in [1.29, 1.82) is 0 Å². The predicted molar refractivity (Wildman–Crippen MR) is 131 cm³/mol. The quantitative estimate of drug-likeness (QED) is 0.357. The van der Waals surface area contributed by atoms with Gasteiger partial charge in [-0.05, 0) is 54.1 Å². The van der Waals surface area contributed by atoms with Crippen molar-refractivity contribution in [3.63, 3.8) is 0 Å². The van der Waals surface area contributed by atoms with E-state index in [9.17, 15) is 13.6 Å². The Morgan fingerprint density at radius 2 is 1.83 bits per heavy atom. The Labute approximate surface area is 205 Å². The SMILES string of the molecule is CNC(=O)c1ccc(Nc2ncc3c(n2)-c2ccc(Cl)cc2C(c2c(F)cccc2F)NC3)cc1. The molecular weight excluding hydrogens is 472 g/mol. The number of benzene rings is 3. The highest BCUT2D eigenvalue weighted by Gasteiger charge is 2.29. The average Bonchev–Trinajstić information content (AvgIpc) is 3.01. The van der Waals surface area contributed by atoms with Crippen LogP contribution in [-0.2, 0) is 6.54 Å². The van der Waals surface area contributed by atoms with Crippen LogP contribution in [0.15, 0.2) is 66.9 Å². The number of anilines is 2. The Balaban J connectivity index is 1.55. The smallest absolute Gasteiger partial charge is 0.251 e. The molecule has 1 aromatic heterocycles. The zero-order valence-electron chi connectivity index (χ0n) is 18.6. The van der Waals surface area contributed by atoms with E-state index in [1.54, 1.807) is 55.7 Å². The molecule has 0 saturated heterocycles. The first-order chi connectivity index (χ1) is 16.9. The van der Waals surface area contributed by atoms with Crippen LogP contribution in [0.5, 0.6) is 0 Å². The maximum Gasteiger partial charge on any atom is 0.251 e. The second-order valence-corrected chi connectivity index (χ2v) is 8.47. The summed E-state index contributed by atoms with van der Waals surface area (Å²) in [4.78, 5) is 20.9. The van der Waals surface area contributed by atoms with E-state index in [-0.39, 0.29) is 11.5 Å². The number of aromatic nitrogens is 2. The van der Waals surface area contributed by atoms with Gasteiger partial charge in [-0.15, -0.1) is 0 Å². The van der Waals surface area contributed by atoms with Crippen molar-refractivity contribution in [2.75, 3.05) is 12.4 Å². The van der Waals surface area contributed by atoms with Gasteiger partial charge in [0.2, 0.25) is 5.95 Å². The summed E-state index contributed by atoms with van der Waals surface area (Å²) in [6, 6.07) is 15.1. The first-order valence-electron chi connectivity index (χ1n) is 10.9. The lowest BCUT2D eigenvalue weighted by molar-refractivity contribution is 0.0963. The highest BCUT2D eigenvalue weighted by molar-refractivity contribution is 6.30. The second-order valence-electron chi connectivity index (χ2n) is 8.03. The molecule has 0 bridgehead atoms. The average molecular weight is 492 g/mol. The van der Waals surface area contributed by atoms with Gasteiger partial charge in [-0.3, -0.25) is 4.79 Å². The normalized spacial score (nSPS) is 14.5. The van der Waals surface area contributed by atoms with Crippen molar-refractivity contribution < 1.29 is 13.6 Å². The minimum Gasteiger partial charge on any atom is -0.355 e. The Morgan fingerprint density at radius 3 is 2.54 bits per heavy atom. The summed E-state index contributed by atoms with van der Waals surface area (Å²) in [5.74, 6) is -1.13. The molecule has 0 spiro atoms. The molecule has 3 aromatic carbocycles. The molecule has 5 rings (SSSR count). The van der Waals surface area contributed by atoms with Crippen LogP contribution in [0.2, 0.25) is 5.02 Å². The number of halogens is 3. The van der Waals surface area contributed by atoms with Crippen LogP contribution in [0.3, 0.4) is 0 Å². The number of nitrogens with zero attached hydrogens (tertiary/aromatic N) is 2. The molecule has 0 fully saturated rings. The van der Waals surface area contributed by atoms with Crippen molar-refractivity contribution in [3.8, 4) is 11.3 Å².